The van der Waals surface area contributed by atoms with Crippen LogP contribution >= 0.6 is 0 Å². The number of ether oxygens (including phenoxy) is 2. The summed E-state index contributed by atoms with van der Waals surface area (Å²) in [5.74, 6) is 0. The normalized spacial score (nSPS) is 16.8. The van der Waals surface area contributed by atoms with Crippen molar-refractivity contribution in [3.8, 4) is 0 Å². The number of hydrogen-bond acceptors (Lipinski definition) is 3. The predicted molar refractivity (Wildman–Crippen MR) is 110 cm³/mol. The molecule has 1 saturated heterocycles. The van der Waals surface area contributed by atoms with Gasteiger partial charge in [0.25, 0.3) is 0 Å². The average molecular weight is 383 g/mol. The quantitative estimate of drug-likeness (QED) is 0.747. The van der Waals surface area contributed by atoms with Gasteiger partial charge in [0, 0.05) is 26.2 Å². The maximum absolute atomic E-state index is 12.5. The molecule has 5 heteroatoms. The van der Waals surface area contributed by atoms with Gasteiger partial charge >= 0.3 is 6.03 Å². The van der Waals surface area contributed by atoms with Crippen molar-refractivity contribution >= 4 is 6.03 Å². The number of amides is 2. The van der Waals surface area contributed by atoms with E-state index in [1.165, 1.54) is 0 Å². The van der Waals surface area contributed by atoms with Gasteiger partial charge < -0.3 is 19.7 Å². The van der Waals surface area contributed by atoms with Crippen molar-refractivity contribution in [2.24, 2.45) is 0 Å². The fraction of sp³-hybridized carbons (Fsp3) is 0.435. The van der Waals surface area contributed by atoms with Gasteiger partial charge in [0.2, 0.25) is 0 Å². The number of benzene rings is 2. The molecular formula is C23H30N2O3. The number of piperidine rings is 1. The number of nitrogens with zero attached hydrogens (tertiary/aromatic N) is 1. The average Bonchev–Trinajstić information content (AvgIpc) is 2.74. The van der Waals surface area contributed by atoms with Crippen LogP contribution in [-0.4, -0.2) is 36.7 Å². The minimum absolute atomic E-state index is 0.0184. The third-order valence-corrected chi connectivity index (χ3v) is 4.88. The Morgan fingerprint density at radius 1 is 1.07 bits per heavy atom. The molecule has 2 aromatic carbocycles. The molecule has 1 atom stereocenters. The molecule has 1 heterocycles. The molecule has 2 aromatic rings. The maximum Gasteiger partial charge on any atom is 0.317 e. The first kappa shape index (κ1) is 20.4. The number of carbonyl (C=O) groups is 1. The van der Waals surface area contributed by atoms with Crippen LogP contribution in [-0.2, 0) is 29.2 Å². The number of rotatable bonds is 8. The highest BCUT2D eigenvalue weighted by Crippen LogP contribution is 2.14. The van der Waals surface area contributed by atoms with Crippen molar-refractivity contribution in [2.75, 3.05) is 19.7 Å². The number of carbonyl (C=O) groups excluding carboxylic acids is 1. The van der Waals surface area contributed by atoms with Gasteiger partial charge in [-0.25, -0.2) is 4.79 Å². The SMILES string of the molecule is CCOC1CCCN(C(=O)NCc2cccc(COCc3ccccc3)c2)C1. The van der Waals surface area contributed by atoms with E-state index in [9.17, 15) is 4.79 Å². The first-order chi connectivity index (χ1) is 13.7. The van der Waals surface area contributed by atoms with E-state index in [0.717, 1.165) is 36.1 Å². The number of hydrogen-bond donors (Lipinski definition) is 1. The highest BCUT2D eigenvalue weighted by atomic mass is 16.5. The molecule has 5 nitrogen and oxygen atoms in total. The lowest BCUT2D eigenvalue weighted by molar-refractivity contribution is 0.0164. The van der Waals surface area contributed by atoms with Crippen LogP contribution in [0.4, 0.5) is 4.79 Å². The van der Waals surface area contributed by atoms with E-state index in [1.807, 2.05) is 48.2 Å². The second-order valence-electron chi connectivity index (χ2n) is 7.12. The fourth-order valence-corrected chi connectivity index (χ4v) is 3.47. The van der Waals surface area contributed by atoms with E-state index in [0.29, 0.717) is 32.9 Å². The van der Waals surface area contributed by atoms with Crippen molar-refractivity contribution in [1.29, 1.82) is 0 Å². The molecule has 0 aliphatic carbocycles. The van der Waals surface area contributed by atoms with Gasteiger partial charge in [-0.3, -0.25) is 0 Å². The molecule has 1 N–H and O–H groups in total. The molecule has 150 valence electrons. The molecule has 28 heavy (non-hydrogen) atoms. The summed E-state index contributed by atoms with van der Waals surface area (Å²) in [6.45, 7) is 5.82. The standard InChI is InChI=1S/C23H30N2O3/c1-2-28-22-12-7-13-25(16-22)23(26)24-15-20-10-6-11-21(14-20)18-27-17-19-8-4-3-5-9-19/h3-6,8-11,14,22H,2,7,12-13,15-18H2,1H3,(H,24,26). The van der Waals surface area contributed by atoms with Crippen LogP contribution in [0.2, 0.25) is 0 Å². The molecular weight excluding hydrogens is 352 g/mol. The Morgan fingerprint density at radius 2 is 1.82 bits per heavy atom. The second-order valence-corrected chi connectivity index (χ2v) is 7.12. The molecule has 1 aliphatic rings. The van der Waals surface area contributed by atoms with Gasteiger partial charge in [0.1, 0.15) is 0 Å². The summed E-state index contributed by atoms with van der Waals surface area (Å²) < 4.78 is 11.5. The molecule has 3 rings (SSSR count). The van der Waals surface area contributed by atoms with Crippen LogP contribution in [0, 0.1) is 0 Å². The summed E-state index contributed by atoms with van der Waals surface area (Å²) >= 11 is 0. The van der Waals surface area contributed by atoms with Gasteiger partial charge in [-0.15, -0.1) is 0 Å². The zero-order valence-corrected chi connectivity index (χ0v) is 16.6. The lowest BCUT2D eigenvalue weighted by Gasteiger charge is -2.32. The third kappa shape index (κ3) is 6.36. The molecule has 2 amide bonds. The fourth-order valence-electron chi connectivity index (χ4n) is 3.47. The van der Waals surface area contributed by atoms with E-state index in [-0.39, 0.29) is 12.1 Å². The predicted octanol–water partition coefficient (Wildman–Crippen LogP) is 4.11. The monoisotopic (exact) mass is 382 g/mol. The molecule has 1 unspecified atom stereocenters. The van der Waals surface area contributed by atoms with E-state index in [1.54, 1.807) is 0 Å². The van der Waals surface area contributed by atoms with Crippen LogP contribution in [0.5, 0.6) is 0 Å². The summed E-state index contributed by atoms with van der Waals surface area (Å²) in [5.41, 5.74) is 3.35. The van der Waals surface area contributed by atoms with E-state index in [2.05, 4.69) is 23.5 Å². The summed E-state index contributed by atoms with van der Waals surface area (Å²) in [6, 6.07) is 18.3. The van der Waals surface area contributed by atoms with Crippen LogP contribution in [0.3, 0.4) is 0 Å². The molecule has 0 aromatic heterocycles. The lowest BCUT2D eigenvalue weighted by Crippen LogP contribution is -2.47. The zero-order chi connectivity index (χ0) is 19.6. The van der Waals surface area contributed by atoms with Gasteiger partial charge in [-0.05, 0) is 36.5 Å². The Balaban J connectivity index is 1.44. The van der Waals surface area contributed by atoms with Gasteiger partial charge in [-0.2, -0.15) is 0 Å². The minimum Gasteiger partial charge on any atom is -0.377 e. The molecule has 0 saturated carbocycles. The number of likely N-dealkylation sites (tertiary alicyclic amines) is 1. The van der Waals surface area contributed by atoms with E-state index < -0.39 is 0 Å². The van der Waals surface area contributed by atoms with Crippen molar-refractivity contribution in [2.45, 2.75) is 45.6 Å². The van der Waals surface area contributed by atoms with Crippen LogP contribution in [0.25, 0.3) is 0 Å². The number of urea groups is 1. The van der Waals surface area contributed by atoms with Crippen molar-refractivity contribution in [3.05, 3.63) is 71.3 Å². The van der Waals surface area contributed by atoms with Crippen LogP contribution in [0.1, 0.15) is 36.5 Å². The first-order valence-corrected chi connectivity index (χ1v) is 10.1. The Kier molecular flexibility index (Phi) is 7.88. The van der Waals surface area contributed by atoms with Gasteiger partial charge in [0.15, 0.2) is 0 Å². The Bertz CT molecular complexity index is 734. The third-order valence-electron chi connectivity index (χ3n) is 4.88. The summed E-state index contributed by atoms with van der Waals surface area (Å²) in [5, 5.41) is 3.03. The van der Waals surface area contributed by atoms with E-state index in [4.69, 9.17) is 9.47 Å². The van der Waals surface area contributed by atoms with E-state index >= 15 is 0 Å². The summed E-state index contributed by atoms with van der Waals surface area (Å²) in [7, 11) is 0. The topological polar surface area (TPSA) is 50.8 Å². The Morgan fingerprint density at radius 3 is 2.64 bits per heavy atom. The maximum atomic E-state index is 12.5. The summed E-state index contributed by atoms with van der Waals surface area (Å²) in [6.07, 6.45) is 2.18. The largest absolute Gasteiger partial charge is 0.377 e. The van der Waals surface area contributed by atoms with Gasteiger partial charge in [-0.1, -0.05) is 54.6 Å². The molecule has 0 bridgehead atoms. The zero-order valence-electron chi connectivity index (χ0n) is 16.6. The summed E-state index contributed by atoms with van der Waals surface area (Å²) in [4.78, 5) is 14.3. The molecule has 1 aliphatic heterocycles. The Labute approximate surface area is 167 Å². The highest BCUT2D eigenvalue weighted by Gasteiger charge is 2.23. The van der Waals surface area contributed by atoms with Crippen molar-refractivity contribution in [1.82, 2.24) is 10.2 Å². The first-order valence-electron chi connectivity index (χ1n) is 10.1. The smallest absolute Gasteiger partial charge is 0.317 e. The molecule has 0 radical (unpaired) electrons. The minimum atomic E-state index is -0.0184. The molecule has 0 spiro atoms. The van der Waals surface area contributed by atoms with Crippen molar-refractivity contribution in [3.63, 3.8) is 0 Å². The lowest BCUT2D eigenvalue weighted by atomic mass is 10.1. The second kappa shape index (κ2) is 10.8. The molecule has 1 fully saturated rings. The number of nitrogens with one attached hydrogen (secondary N) is 1. The highest BCUT2D eigenvalue weighted by molar-refractivity contribution is 5.74. The van der Waals surface area contributed by atoms with Crippen molar-refractivity contribution < 1.29 is 14.3 Å². The van der Waals surface area contributed by atoms with Crippen LogP contribution in [0.15, 0.2) is 54.6 Å². The van der Waals surface area contributed by atoms with Crippen LogP contribution < -0.4 is 5.32 Å². The van der Waals surface area contributed by atoms with Gasteiger partial charge in [0.05, 0.1) is 19.3 Å². The Hall–Kier alpha value is -2.37.